The van der Waals surface area contributed by atoms with Gasteiger partial charge in [0.1, 0.15) is 5.82 Å². The van der Waals surface area contributed by atoms with Crippen LogP contribution in [0.1, 0.15) is 5.56 Å². The molecule has 0 saturated heterocycles. The largest absolute Gasteiger partial charge is 0.309 e. The smallest absolute Gasteiger partial charge is 0.137 e. The van der Waals surface area contributed by atoms with E-state index in [-0.39, 0.29) is 0 Å². The highest BCUT2D eigenvalue weighted by Gasteiger charge is 2.17. The zero-order valence-corrected chi connectivity index (χ0v) is 31.5. The van der Waals surface area contributed by atoms with E-state index in [4.69, 9.17) is 11.4 Å². The maximum absolute atomic E-state index is 5.84. The first kappa shape index (κ1) is 33.4. The van der Waals surface area contributed by atoms with E-state index in [0.717, 1.165) is 67.0 Å². The Morgan fingerprint density at radius 3 is 1.67 bits per heavy atom. The number of benzene rings is 8. The summed E-state index contributed by atoms with van der Waals surface area (Å²) in [6, 6.07) is 71.3. The summed E-state index contributed by atoms with van der Waals surface area (Å²) in [7, 11) is 0. The molecule has 11 rings (SSSR count). The lowest BCUT2D eigenvalue weighted by Gasteiger charge is -2.11. The van der Waals surface area contributed by atoms with Crippen LogP contribution in [0.5, 0.6) is 0 Å². The maximum atomic E-state index is 5.84. The number of rotatable bonds is 6. The highest BCUT2D eigenvalue weighted by Crippen LogP contribution is 2.38. The number of hydrogen-bond donors (Lipinski definition) is 0. The minimum atomic E-state index is 0.879. The molecular weight excluding hydrogens is 703 g/mol. The van der Waals surface area contributed by atoms with Crippen molar-refractivity contribution >= 4 is 43.6 Å². The van der Waals surface area contributed by atoms with Gasteiger partial charge < -0.3 is 4.57 Å². The van der Waals surface area contributed by atoms with Crippen LogP contribution >= 0.6 is 0 Å². The van der Waals surface area contributed by atoms with Crippen molar-refractivity contribution < 1.29 is 0 Å². The Morgan fingerprint density at radius 2 is 0.914 bits per heavy atom. The Morgan fingerprint density at radius 1 is 0.362 bits per heavy atom. The summed E-state index contributed by atoms with van der Waals surface area (Å²) in [5.74, 6) is 3.71. The van der Waals surface area contributed by atoms with Crippen molar-refractivity contribution in [3.8, 4) is 68.4 Å². The quantitative estimate of drug-likeness (QED) is 0.156. The molecule has 0 amide bonds. The number of terminal acetylenes is 1. The third kappa shape index (κ3) is 5.51. The third-order valence-corrected chi connectivity index (χ3v) is 11.5. The van der Waals surface area contributed by atoms with Crippen LogP contribution in [0.15, 0.2) is 206 Å². The Labute approximate surface area is 336 Å². The van der Waals surface area contributed by atoms with E-state index in [1.807, 2.05) is 24.4 Å². The number of nitrogens with zero attached hydrogens (tertiary/aromatic N) is 3. The van der Waals surface area contributed by atoms with Gasteiger partial charge in [-0.3, -0.25) is 4.57 Å². The minimum absolute atomic E-state index is 0.879. The molecule has 3 heteroatoms. The maximum Gasteiger partial charge on any atom is 0.137 e. The summed E-state index contributed by atoms with van der Waals surface area (Å²) in [5, 5.41) is 4.89. The topological polar surface area (TPSA) is 22.8 Å². The second-order valence-electron chi connectivity index (χ2n) is 14.8. The van der Waals surface area contributed by atoms with Crippen LogP contribution in [-0.4, -0.2) is 14.1 Å². The van der Waals surface area contributed by atoms with E-state index in [2.05, 4.69) is 197 Å². The third-order valence-electron chi connectivity index (χ3n) is 11.5. The summed E-state index contributed by atoms with van der Waals surface area (Å²) >= 11 is 0. The predicted molar refractivity (Wildman–Crippen MR) is 243 cm³/mol. The average molecular weight is 738 g/mol. The van der Waals surface area contributed by atoms with Crippen LogP contribution in [0.4, 0.5) is 0 Å². The molecule has 0 N–H and O–H groups in total. The number of para-hydroxylation sites is 3. The monoisotopic (exact) mass is 737 g/mol. The summed E-state index contributed by atoms with van der Waals surface area (Å²) in [5.41, 5.74) is 15.7. The van der Waals surface area contributed by atoms with Crippen molar-refractivity contribution in [3.05, 3.63) is 212 Å². The molecule has 0 unspecified atom stereocenters. The van der Waals surface area contributed by atoms with Gasteiger partial charge in [0.15, 0.2) is 0 Å². The number of fused-ring (bicyclic) bond motifs is 6. The van der Waals surface area contributed by atoms with Gasteiger partial charge in [0, 0.05) is 44.6 Å². The molecule has 0 fully saturated rings. The fourth-order valence-corrected chi connectivity index (χ4v) is 8.70. The summed E-state index contributed by atoms with van der Waals surface area (Å²) < 4.78 is 4.66. The molecule has 0 saturated carbocycles. The van der Waals surface area contributed by atoms with Gasteiger partial charge in [-0.05, 0) is 112 Å². The van der Waals surface area contributed by atoms with Crippen molar-refractivity contribution in [1.29, 1.82) is 0 Å². The fourth-order valence-electron chi connectivity index (χ4n) is 8.70. The summed E-state index contributed by atoms with van der Waals surface area (Å²) in [6.07, 6.45) is 7.83. The molecule has 0 aliphatic carbocycles. The summed E-state index contributed by atoms with van der Waals surface area (Å²) in [6.45, 7) is 0. The van der Waals surface area contributed by atoms with Crippen molar-refractivity contribution in [3.63, 3.8) is 0 Å². The van der Waals surface area contributed by atoms with Crippen molar-refractivity contribution in [2.45, 2.75) is 0 Å². The van der Waals surface area contributed by atoms with Crippen LogP contribution in [0.2, 0.25) is 0 Å². The average Bonchev–Trinajstić information content (AvgIpc) is 3.81. The van der Waals surface area contributed by atoms with Gasteiger partial charge in [-0.25, -0.2) is 4.98 Å². The van der Waals surface area contributed by atoms with E-state index >= 15 is 0 Å². The molecule has 0 radical (unpaired) electrons. The zero-order chi connectivity index (χ0) is 38.6. The second kappa shape index (κ2) is 13.7. The van der Waals surface area contributed by atoms with Gasteiger partial charge in [0.05, 0.1) is 22.1 Å². The molecule has 3 heterocycles. The molecule has 11 aromatic rings. The molecule has 3 nitrogen and oxygen atoms in total. The van der Waals surface area contributed by atoms with E-state index in [1.165, 1.54) is 38.1 Å². The molecule has 270 valence electrons. The van der Waals surface area contributed by atoms with Gasteiger partial charge in [0.25, 0.3) is 0 Å². The molecule has 8 aromatic carbocycles. The van der Waals surface area contributed by atoms with Gasteiger partial charge in [-0.2, -0.15) is 0 Å². The first-order chi connectivity index (χ1) is 28.7. The van der Waals surface area contributed by atoms with Crippen molar-refractivity contribution in [1.82, 2.24) is 14.1 Å². The minimum Gasteiger partial charge on any atom is -0.309 e. The van der Waals surface area contributed by atoms with Gasteiger partial charge in [0.2, 0.25) is 0 Å². The Kier molecular flexibility index (Phi) is 7.88. The van der Waals surface area contributed by atoms with Crippen LogP contribution < -0.4 is 0 Å². The molecule has 3 aromatic heterocycles. The fraction of sp³-hybridized carbons (Fsp3) is 0. The molecule has 0 aliphatic heterocycles. The lowest BCUT2D eigenvalue weighted by atomic mass is 9.95. The lowest BCUT2D eigenvalue weighted by Crippen LogP contribution is -1.97. The van der Waals surface area contributed by atoms with Crippen LogP contribution in [-0.2, 0) is 0 Å². The Bertz CT molecular complexity index is 3400. The van der Waals surface area contributed by atoms with E-state index < -0.39 is 0 Å². The van der Waals surface area contributed by atoms with E-state index in [9.17, 15) is 0 Å². The van der Waals surface area contributed by atoms with Crippen molar-refractivity contribution in [2.75, 3.05) is 0 Å². The van der Waals surface area contributed by atoms with Gasteiger partial charge in [-0.1, -0.05) is 133 Å². The highest BCUT2D eigenvalue weighted by atomic mass is 15.1. The Hall–Kier alpha value is -7.93. The number of pyridine rings is 1. The molecule has 58 heavy (non-hydrogen) atoms. The van der Waals surface area contributed by atoms with Crippen LogP contribution in [0.3, 0.4) is 0 Å². The Balaban J connectivity index is 0.978. The first-order valence-corrected chi connectivity index (χ1v) is 19.6. The van der Waals surface area contributed by atoms with E-state index in [0.29, 0.717) is 0 Å². The van der Waals surface area contributed by atoms with Gasteiger partial charge >= 0.3 is 0 Å². The predicted octanol–water partition coefficient (Wildman–Crippen LogP) is 13.9. The standard InChI is InChI=1S/C55H35N3/c1-2-37-14-6-7-21-46(37)43-18-13-16-39(33-43)38-15-12-17-40(32-38)44-28-31-55(56-36-44)58-52-25-11-8-22-47(52)49-29-26-42(35-54(49)58)41-27-30-53-50(34-41)48-23-9-10-24-51(48)57(53)45-19-4-3-5-20-45/h1,3-36H. The summed E-state index contributed by atoms with van der Waals surface area (Å²) in [4.78, 5) is 5.12. The molecule has 0 aliphatic rings. The van der Waals surface area contributed by atoms with Crippen molar-refractivity contribution in [2.24, 2.45) is 0 Å². The lowest BCUT2D eigenvalue weighted by molar-refractivity contribution is 1.08. The number of hydrogen-bond acceptors (Lipinski definition) is 1. The van der Waals surface area contributed by atoms with E-state index in [1.54, 1.807) is 0 Å². The SMILES string of the molecule is C#Cc1ccccc1-c1cccc(-c2cccc(-c3ccc(-n4c5ccccc5c5ccc(-c6ccc7c(c6)c6ccccc6n7-c6ccccc6)cc54)nc3)c2)c1. The van der Waals surface area contributed by atoms with Crippen LogP contribution in [0, 0.1) is 12.3 Å². The molecule has 0 spiro atoms. The zero-order valence-electron chi connectivity index (χ0n) is 31.5. The van der Waals surface area contributed by atoms with Crippen LogP contribution in [0.25, 0.3) is 99.6 Å². The number of aromatic nitrogens is 3. The first-order valence-electron chi connectivity index (χ1n) is 19.6. The van der Waals surface area contributed by atoms with Gasteiger partial charge in [-0.15, -0.1) is 6.42 Å². The molecule has 0 atom stereocenters. The second-order valence-corrected chi connectivity index (χ2v) is 14.8. The normalized spacial score (nSPS) is 11.4. The molecule has 0 bridgehead atoms. The molecular formula is C55H35N3. The highest BCUT2D eigenvalue weighted by molar-refractivity contribution is 6.12.